The van der Waals surface area contributed by atoms with E-state index in [1.165, 1.54) is 11.3 Å². The molecule has 2 aliphatic rings. The van der Waals surface area contributed by atoms with E-state index in [9.17, 15) is 14.4 Å². The van der Waals surface area contributed by atoms with Crippen molar-refractivity contribution in [3.05, 3.63) is 58.7 Å². The maximum atomic E-state index is 12.9. The molecule has 0 radical (unpaired) electrons. The van der Waals surface area contributed by atoms with Crippen molar-refractivity contribution < 1.29 is 23.9 Å². The number of carbonyl (C=O) groups excluding carboxylic acids is 3. The third kappa shape index (κ3) is 4.33. The Kier molecular flexibility index (Phi) is 6.44. The number of carbonyl (C=O) groups is 3. The number of amides is 3. The number of hydrogen-bond acceptors (Lipinski definition) is 5. The molecule has 1 heterocycles. The fraction of sp³-hybridized carbons (Fsp3) is 0.400. The fourth-order valence-corrected chi connectivity index (χ4v) is 4.43. The van der Waals surface area contributed by atoms with E-state index in [0.29, 0.717) is 34.6 Å². The molecule has 32 heavy (non-hydrogen) atoms. The quantitative estimate of drug-likeness (QED) is 0.671. The minimum absolute atomic E-state index is 0.180. The first-order valence-corrected chi connectivity index (χ1v) is 11.0. The minimum atomic E-state index is -0.363. The number of nitrogens with zero attached hydrogens (tertiary/aromatic N) is 1. The first-order valence-electron chi connectivity index (χ1n) is 11.0. The van der Waals surface area contributed by atoms with Gasteiger partial charge in [0.05, 0.1) is 25.3 Å². The zero-order valence-electron chi connectivity index (χ0n) is 18.5. The Balaban J connectivity index is 1.45. The van der Waals surface area contributed by atoms with Crippen LogP contribution in [0, 0.1) is 0 Å². The summed E-state index contributed by atoms with van der Waals surface area (Å²) < 4.78 is 10.6. The van der Waals surface area contributed by atoms with E-state index < -0.39 is 0 Å². The van der Waals surface area contributed by atoms with Crippen LogP contribution in [-0.2, 0) is 6.42 Å². The zero-order chi connectivity index (χ0) is 22.7. The maximum absolute atomic E-state index is 12.9. The van der Waals surface area contributed by atoms with E-state index in [1.807, 2.05) is 12.1 Å². The predicted molar refractivity (Wildman–Crippen MR) is 119 cm³/mol. The highest BCUT2D eigenvalue weighted by molar-refractivity contribution is 6.22. The molecule has 2 aromatic rings. The van der Waals surface area contributed by atoms with Crippen LogP contribution in [0.25, 0.3) is 0 Å². The van der Waals surface area contributed by atoms with Gasteiger partial charge in [-0.05, 0) is 55.2 Å². The van der Waals surface area contributed by atoms with Crippen LogP contribution in [0.3, 0.4) is 0 Å². The SMILES string of the molecule is COc1ccc(CCN2C(=O)c3ccc(C(=O)NC4CCCCC4)cc3C2=O)cc1OC. The van der Waals surface area contributed by atoms with E-state index in [4.69, 9.17) is 9.47 Å². The molecule has 1 N–H and O–H groups in total. The van der Waals surface area contributed by atoms with Gasteiger partial charge in [0.2, 0.25) is 0 Å². The molecule has 0 spiro atoms. The van der Waals surface area contributed by atoms with Gasteiger partial charge in [-0.1, -0.05) is 25.3 Å². The number of methoxy groups -OCH3 is 2. The number of benzene rings is 2. The van der Waals surface area contributed by atoms with Gasteiger partial charge in [0.15, 0.2) is 11.5 Å². The van der Waals surface area contributed by atoms with E-state index in [0.717, 1.165) is 31.2 Å². The van der Waals surface area contributed by atoms with Crippen molar-refractivity contribution in [3.63, 3.8) is 0 Å². The Hall–Kier alpha value is -3.35. The van der Waals surface area contributed by atoms with E-state index in [1.54, 1.807) is 38.5 Å². The average Bonchev–Trinajstić information content (AvgIpc) is 3.07. The van der Waals surface area contributed by atoms with E-state index >= 15 is 0 Å². The number of fused-ring (bicyclic) bond motifs is 1. The van der Waals surface area contributed by atoms with Gasteiger partial charge in [-0.15, -0.1) is 0 Å². The molecule has 4 rings (SSSR count). The first-order chi connectivity index (χ1) is 15.5. The average molecular weight is 437 g/mol. The second-order valence-corrected chi connectivity index (χ2v) is 8.27. The summed E-state index contributed by atoms with van der Waals surface area (Å²) >= 11 is 0. The third-order valence-electron chi connectivity index (χ3n) is 6.25. The number of ether oxygens (including phenoxy) is 2. The normalized spacial score (nSPS) is 16.1. The molecule has 1 aliphatic carbocycles. The van der Waals surface area contributed by atoms with Gasteiger partial charge >= 0.3 is 0 Å². The lowest BCUT2D eigenvalue weighted by Gasteiger charge is -2.22. The van der Waals surface area contributed by atoms with Gasteiger partial charge < -0.3 is 14.8 Å². The molecule has 168 valence electrons. The molecule has 0 unspecified atom stereocenters. The van der Waals surface area contributed by atoms with Crippen molar-refractivity contribution in [2.45, 2.75) is 44.6 Å². The van der Waals surface area contributed by atoms with Crippen molar-refractivity contribution in [3.8, 4) is 11.5 Å². The molecule has 1 saturated carbocycles. The second-order valence-electron chi connectivity index (χ2n) is 8.27. The van der Waals surface area contributed by atoms with Crippen molar-refractivity contribution in [1.82, 2.24) is 10.2 Å². The molecule has 7 heteroatoms. The van der Waals surface area contributed by atoms with Crippen LogP contribution >= 0.6 is 0 Å². The minimum Gasteiger partial charge on any atom is -0.493 e. The fourth-order valence-electron chi connectivity index (χ4n) is 4.43. The van der Waals surface area contributed by atoms with Gasteiger partial charge in [-0.25, -0.2) is 0 Å². The summed E-state index contributed by atoms with van der Waals surface area (Å²) in [5.74, 6) is 0.336. The summed E-state index contributed by atoms with van der Waals surface area (Å²) in [5.41, 5.74) is 1.97. The first kappa shape index (κ1) is 21.9. The second kappa shape index (κ2) is 9.42. The number of rotatable bonds is 7. The molecule has 0 bridgehead atoms. The molecule has 1 fully saturated rings. The zero-order valence-corrected chi connectivity index (χ0v) is 18.5. The van der Waals surface area contributed by atoms with Crippen LogP contribution in [0.1, 0.15) is 68.7 Å². The highest BCUT2D eigenvalue weighted by atomic mass is 16.5. The summed E-state index contributed by atoms with van der Waals surface area (Å²) in [4.78, 5) is 39.7. The van der Waals surface area contributed by atoms with E-state index in [2.05, 4.69) is 5.32 Å². The molecule has 2 aromatic carbocycles. The van der Waals surface area contributed by atoms with Gasteiger partial charge in [0, 0.05) is 18.2 Å². The Morgan fingerprint density at radius 1 is 0.938 bits per heavy atom. The van der Waals surface area contributed by atoms with Gasteiger partial charge in [0.25, 0.3) is 17.7 Å². The molecular formula is C25H28N2O5. The molecule has 0 atom stereocenters. The van der Waals surface area contributed by atoms with Gasteiger partial charge in [-0.3, -0.25) is 19.3 Å². The molecular weight excluding hydrogens is 408 g/mol. The highest BCUT2D eigenvalue weighted by Crippen LogP contribution is 2.29. The maximum Gasteiger partial charge on any atom is 0.261 e. The lowest BCUT2D eigenvalue weighted by Crippen LogP contribution is -2.36. The van der Waals surface area contributed by atoms with Crippen LogP contribution in [0.5, 0.6) is 11.5 Å². The van der Waals surface area contributed by atoms with Crippen molar-refractivity contribution in [1.29, 1.82) is 0 Å². The predicted octanol–water partition coefficient (Wildman–Crippen LogP) is 3.61. The van der Waals surface area contributed by atoms with Crippen molar-refractivity contribution in [2.75, 3.05) is 20.8 Å². The van der Waals surface area contributed by atoms with Crippen molar-refractivity contribution >= 4 is 17.7 Å². The van der Waals surface area contributed by atoms with E-state index in [-0.39, 0.29) is 30.3 Å². The van der Waals surface area contributed by atoms with Crippen molar-refractivity contribution in [2.24, 2.45) is 0 Å². The topological polar surface area (TPSA) is 84.9 Å². The molecule has 7 nitrogen and oxygen atoms in total. The molecule has 0 saturated heterocycles. The summed E-state index contributed by atoms with van der Waals surface area (Å²) in [6.07, 6.45) is 5.91. The summed E-state index contributed by atoms with van der Waals surface area (Å²) in [5, 5.41) is 3.06. The lowest BCUT2D eigenvalue weighted by atomic mass is 9.95. The Morgan fingerprint density at radius 2 is 1.66 bits per heavy atom. The Labute approximate surface area is 187 Å². The molecule has 1 aliphatic heterocycles. The summed E-state index contributed by atoms with van der Waals surface area (Å²) in [6, 6.07) is 10.5. The van der Waals surface area contributed by atoms with Gasteiger partial charge in [0.1, 0.15) is 0 Å². The monoisotopic (exact) mass is 436 g/mol. The third-order valence-corrected chi connectivity index (χ3v) is 6.25. The van der Waals surface area contributed by atoms with Gasteiger partial charge in [-0.2, -0.15) is 0 Å². The number of hydrogen-bond donors (Lipinski definition) is 1. The molecule has 3 amide bonds. The van der Waals surface area contributed by atoms with Crippen LogP contribution in [0.4, 0.5) is 0 Å². The van der Waals surface area contributed by atoms with Crippen LogP contribution in [0.2, 0.25) is 0 Å². The number of imide groups is 1. The smallest absolute Gasteiger partial charge is 0.261 e. The van der Waals surface area contributed by atoms with Crippen LogP contribution < -0.4 is 14.8 Å². The van der Waals surface area contributed by atoms with Crippen LogP contribution in [0.15, 0.2) is 36.4 Å². The highest BCUT2D eigenvalue weighted by Gasteiger charge is 2.35. The summed E-state index contributed by atoms with van der Waals surface area (Å²) in [6.45, 7) is 0.242. The van der Waals surface area contributed by atoms with Crippen LogP contribution in [-0.4, -0.2) is 49.4 Å². The Bertz CT molecular complexity index is 1040. The molecule has 0 aromatic heterocycles. The largest absolute Gasteiger partial charge is 0.493 e. The Morgan fingerprint density at radius 3 is 2.38 bits per heavy atom. The lowest BCUT2D eigenvalue weighted by molar-refractivity contribution is 0.0656. The number of nitrogens with one attached hydrogen (secondary N) is 1. The summed E-state index contributed by atoms with van der Waals surface area (Å²) in [7, 11) is 3.13. The standard InChI is InChI=1S/C25H28N2O5/c1-31-21-11-8-16(14-22(21)32-2)12-13-27-24(29)19-10-9-17(15-20(19)25(27)30)23(28)26-18-6-4-3-5-7-18/h8-11,14-15,18H,3-7,12-13H2,1-2H3,(H,26,28).